The summed E-state index contributed by atoms with van der Waals surface area (Å²) >= 11 is 3.41. The van der Waals surface area contributed by atoms with E-state index < -0.39 is 0 Å². The second-order valence-corrected chi connectivity index (χ2v) is 4.61. The van der Waals surface area contributed by atoms with Crippen molar-refractivity contribution in [3.8, 4) is 11.5 Å². The van der Waals surface area contributed by atoms with Gasteiger partial charge in [0.25, 0.3) is 0 Å². The summed E-state index contributed by atoms with van der Waals surface area (Å²) in [6.45, 7) is 1.47. The Balaban J connectivity index is 2.43. The Morgan fingerprint density at radius 3 is 2.76 bits per heavy atom. The number of hydrogen-bond acceptors (Lipinski definition) is 4. The van der Waals surface area contributed by atoms with Crippen LogP contribution in [0.3, 0.4) is 0 Å². The van der Waals surface area contributed by atoms with E-state index in [0.717, 1.165) is 10.9 Å². The zero-order valence-electron chi connectivity index (χ0n) is 9.59. The van der Waals surface area contributed by atoms with E-state index in [1.165, 1.54) is 0 Å². The highest BCUT2D eigenvalue weighted by atomic mass is 79.9. The summed E-state index contributed by atoms with van der Waals surface area (Å²) in [6.07, 6.45) is 0.820. The van der Waals surface area contributed by atoms with Gasteiger partial charge in [-0.25, -0.2) is 0 Å². The minimum atomic E-state index is 0.00162. The molecule has 1 aliphatic heterocycles. The molecule has 1 aromatic rings. The number of Topliss-reactive ketones (excluding diaryl/α,β-unsaturated/α-hetero) is 1. The second kappa shape index (κ2) is 5.51. The van der Waals surface area contributed by atoms with Gasteiger partial charge in [-0.2, -0.15) is 0 Å². The largest absolute Gasteiger partial charge is 0.489 e. The molecule has 0 amide bonds. The molecule has 4 nitrogen and oxygen atoms in total. The summed E-state index contributed by atoms with van der Waals surface area (Å²) in [5.41, 5.74) is 0.569. The molecule has 1 heterocycles. The van der Waals surface area contributed by atoms with E-state index in [9.17, 15) is 4.79 Å². The molecule has 0 unspecified atom stereocenters. The zero-order valence-corrected chi connectivity index (χ0v) is 11.2. The number of hydrogen-bond donors (Lipinski definition) is 1. The molecule has 2 rings (SSSR count). The standard InChI is InChI=1S/C12H14BrNO3/c1-14-7-10(15)8-3-4-9(13)12-11(8)16-5-2-6-17-12/h3-4,14H,2,5-7H2,1H3. The Kier molecular flexibility index (Phi) is 4.02. The smallest absolute Gasteiger partial charge is 0.180 e. The molecule has 0 saturated heterocycles. The first-order valence-corrected chi connectivity index (χ1v) is 6.29. The van der Waals surface area contributed by atoms with Crippen molar-refractivity contribution < 1.29 is 14.3 Å². The lowest BCUT2D eigenvalue weighted by Crippen LogP contribution is -2.19. The van der Waals surface area contributed by atoms with E-state index >= 15 is 0 Å². The topological polar surface area (TPSA) is 47.6 Å². The van der Waals surface area contributed by atoms with Crippen LogP contribution in [0.2, 0.25) is 0 Å². The van der Waals surface area contributed by atoms with Crippen molar-refractivity contribution in [2.24, 2.45) is 0 Å². The number of halogens is 1. The molecule has 5 heteroatoms. The van der Waals surface area contributed by atoms with E-state index in [1.807, 2.05) is 6.07 Å². The van der Waals surface area contributed by atoms with Gasteiger partial charge in [0.15, 0.2) is 17.3 Å². The van der Waals surface area contributed by atoms with E-state index in [-0.39, 0.29) is 12.3 Å². The Morgan fingerprint density at radius 1 is 1.35 bits per heavy atom. The first-order chi connectivity index (χ1) is 8.24. The van der Waals surface area contributed by atoms with E-state index in [4.69, 9.17) is 9.47 Å². The monoisotopic (exact) mass is 299 g/mol. The lowest BCUT2D eigenvalue weighted by molar-refractivity contribution is 0.0989. The number of nitrogens with one attached hydrogen (secondary N) is 1. The number of carbonyl (C=O) groups excluding carboxylic acids is 1. The molecule has 92 valence electrons. The van der Waals surface area contributed by atoms with Gasteiger partial charge in [0.05, 0.1) is 29.8 Å². The average Bonchev–Trinajstić information content (AvgIpc) is 2.56. The van der Waals surface area contributed by atoms with Crippen LogP contribution in [0.15, 0.2) is 16.6 Å². The minimum absolute atomic E-state index is 0.00162. The van der Waals surface area contributed by atoms with Crippen LogP contribution in [-0.2, 0) is 0 Å². The van der Waals surface area contributed by atoms with Crippen LogP contribution in [0.4, 0.5) is 0 Å². The number of benzene rings is 1. The maximum atomic E-state index is 11.9. The highest BCUT2D eigenvalue weighted by molar-refractivity contribution is 9.10. The summed E-state index contributed by atoms with van der Waals surface area (Å²) in [7, 11) is 1.74. The Labute approximate surface area is 108 Å². The van der Waals surface area contributed by atoms with Crippen LogP contribution in [0, 0.1) is 0 Å². The van der Waals surface area contributed by atoms with Crippen molar-refractivity contribution in [1.29, 1.82) is 0 Å². The third kappa shape index (κ3) is 2.61. The molecule has 0 fully saturated rings. The van der Waals surface area contributed by atoms with Gasteiger partial charge in [-0.05, 0) is 35.1 Å². The summed E-state index contributed by atoms with van der Waals surface area (Å²) < 4.78 is 12.0. The third-order valence-electron chi connectivity index (χ3n) is 2.48. The fraction of sp³-hybridized carbons (Fsp3) is 0.417. The molecular formula is C12H14BrNO3. The summed E-state index contributed by atoms with van der Waals surface area (Å²) in [6, 6.07) is 3.58. The Bertz CT molecular complexity index is 434. The molecule has 1 N–H and O–H groups in total. The van der Waals surface area contributed by atoms with Gasteiger partial charge in [0.1, 0.15) is 0 Å². The van der Waals surface area contributed by atoms with Gasteiger partial charge in [-0.15, -0.1) is 0 Å². The molecule has 0 atom stereocenters. The molecule has 0 aromatic heterocycles. The third-order valence-corrected chi connectivity index (χ3v) is 3.11. The lowest BCUT2D eigenvalue weighted by Gasteiger charge is -2.13. The summed E-state index contributed by atoms with van der Waals surface area (Å²) in [5, 5.41) is 2.85. The first kappa shape index (κ1) is 12.4. The average molecular weight is 300 g/mol. The highest BCUT2D eigenvalue weighted by Gasteiger charge is 2.21. The van der Waals surface area contributed by atoms with E-state index in [0.29, 0.717) is 30.3 Å². The quantitative estimate of drug-likeness (QED) is 0.868. The Morgan fingerprint density at radius 2 is 2.06 bits per heavy atom. The molecule has 0 radical (unpaired) electrons. The highest BCUT2D eigenvalue weighted by Crippen LogP contribution is 2.39. The number of likely N-dealkylation sites (N-methyl/N-ethyl adjacent to an activating group) is 1. The van der Waals surface area contributed by atoms with E-state index in [1.54, 1.807) is 13.1 Å². The molecule has 1 aliphatic rings. The van der Waals surface area contributed by atoms with Crippen LogP contribution in [0.25, 0.3) is 0 Å². The molecule has 0 saturated carbocycles. The van der Waals surface area contributed by atoms with Crippen molar-refractivity contribution >= 4 is 21.7 Å². The minimum Gasteiger partial charge on any atom is -0.489 e. The molecule has 1 aromatic carbocycles. The SMILES string of the molecule is CNCC(=O)c1ccc(Br)c2c1OCCCO2. The van der Waals surface area contributed by atoms with Gasteiger partial charge in [-0.3, -0.25) is 4.79 Å². The number of fused-ring (bicyclic) bond motifs is 1. The van der Waals surface area contributed by atoms with Crippen LogP contribution < -0.4 is 14.8 Å². The van der Waals surface area contributed by atoms with Crippen molar-refractivity contribution in [2.75, 3.05) is 26.8 Å². The number of rotatable bonds is 3. The second-order valence-electron chi connectivity index (χ2n) is 3.76. The van der Waals surface area contributed by atoms with Gasteiger partial charge in [-0.1, -0.05) is 0 Å². The predicted octanol–water partition coefficient (Wildman–Crippen LogP) is 2.01. The molecule has 0 spiro atoms. The van der Waals surface area contributed by atoms with Crippen LogP contribution in [-0.4, -0.2) is 32.6 Å². The molecule has 0 aliphatic carbocycles. The fourth-order valence-electron chi connectivity index (χ4n) is 1.70. The number of carbonyl (C=O) groups is 1. The molecule has 17 heavy (non-hydrogen) atoms. The maximum absolute atomic E-state index is 11.9. The summed E-state index contributed by atoms with van der Waals surface area (Å²) in [5.74, 6) is 1.18. The van der Waals surface area contributed by atoms with Crippen molar-refractivity contribution in [3.63, 3.8) is 0 Å². The molecular weight excluding hydrogens is 286 g/mol. The van der Waals surface area contributed by atoms with Gasteiger partial charge in [0.2, 0.25) is 0 Å². The van der Waals surface area contributed by atoms with Crippen LogP contribution >= 0.6 is 15.9 Å². The first-order valence-electron chi connectivity index (χ1n) is 5.50. The van der Waals surface area contributed by atoms with Gasteiger partial charge < -0.3 is 14.8 Å². The van der Waals surface area contributed by atoms with Crippen molar-refractivity contribution in [1.82, 2.24) is 5.32 Å². The Hall–Kier alpha value is -1.07. The van der Waals surface area contributed by atoms with Gasteiger partial charge in [0, 0.05) is 6.42 Å². The predicted molar refractivity (Wildman–Crippen MR) is 68.0 cm³/mol. The zero-order chi connectivity index (χ0) is 12.3. The molecule has 0 bridgehead atoms. The van der Waals surface area contributed by atoms with E-state index in [2.05, 4.69) is 21.2 Å². The normalized spacial score (nSPS) is 14.2. The fourth-order valence-corrected chi connectivity index (χ4v) is 2.13. The number of ether oxygens (including phenoxy) is 2. The van der Waals surface area contributed by atoms with Crippen molar-refractivity contribution in [3.05, 3.63) is 22.2 Å². The van der Waals surface area contributed by atoms with Crippen LogP contribution in [0.1, 0.15) is 16.8 Å². The number of ketones is 1. The summed E-state index contributed by atoms with van der Waals surface area (Å²) in [4.78, 5) is 11.9. The van der Waals surface area contributed by atoms with Crippen LogP contribution in [0.5, 0.6) is 11.5 Å². The maximum Gasteiger partial charge on any atom is 0.180 e. The van der Waals surface area contributed by atoms with Crippen molar-refractivity contribution in [2.45, 2.75) is 6.42 Å². The van der Waals surface area contributed by atoms with Gasteiger partial charge >= 0.3 is 0 Å². The lowest BCUT2D eigenvalue weighted by atomic mass is 10.1.